The molecule has 2 amide bonds. The summed E-state index contributed by atoms with van der Waals surface area (Å²) in [6, 6.07) is 7.58. The molecule has 0 aliphatic rings. The Bertz CT molecular complexity index is 790. The lowest BCUT2D eigenvalue weighted by molar-refractivity contribution is 0.250. The highest BCUT2D eigenvalue weighted by Crippen LogP contribution is 2.15. The summed E-state index contributed by atoms with van der Waals surface area (Å²) in [7, 11) is 1.74. The van der Waals surface area contributed by atoms with Crippen molar-refractivity contribution in [3.63, 3.8) is 0 Å². The number of aromatic nitrogens is 1. The normalized spacial score (nSPS) is 11.4. The number of guanidine groups is 1. The van der Waals surface area contributed by atoms with Crippen molar-refractivity contribution >= 4 is 17.7 Å². The van der Waals surface area contributed by atoms with Gasteiger partial charge < -0.3 is 25.8 Å². The highest BCUT2D eigenvalue weighted by Gasteiger charge is 2.13. The lowest BCUT2D eigenvalue weighted by Crippen LogP contribution is -2.36. The molecule has 2 aromatic rings. The first-order chi connectivity index (χ1) is 14.0. The Hall–Kier alpha value is -3.03. The number of aliphatic imine (C=N–C) groups is 1. The van der Waals surface area contributed by atoms with Gasteiger partial charge in [0.25, 0.3) is 0 Å². The van der Waals surface area contributed by atoms with Crippen LogP contribution < -0.4 is 21.3 Å². The number of nitrogens with one attached hydrogen (secondary N) is 4. The molecule has 0 radical (unpaired) electrons. The van der Waals surface area contributed by atoms with Gasteiger partial charge >= 0.3 is 6.03 Å². The van der Waals surface area contributed by atoms with E-state index in [0.29, 0.717) is 19.0 Å². The van der Waals surface area contributed by atoms with E-state index in [-0.39, 0.29) is 12.1 Å². The van der Waals surface area contributed by atoms with Crippen molar-refractivity contribution in [1.82, 2.24) is 21.1 Å². The first kappa shape index (κ1) is 22.3. The molecule has 0 atom stereocenters. The Kier molecular flexibility index (Phi) is 8.51. The lowest BCUT2D eigenvalue weighted by Gasteiger charge is -2.13. The summed E-state index contributed by atoms with van der Waals surface area (Å²) in [4.78, 5) is 16.0. The number of carbonyl (C=O) groups is 1. The molecule has 1 aromatic heterocycles. The quantitative estimate of drug-likeness (QED) is 0.402. The Morgan fingerprint density at radius 1 is 1.10 bits per heavy atom. The van der Waals surface area contributed by atoms with Crippen LogP contribution in [0.1, 0.15) is 50.3 Å². The number of aryl methyl sites for hydroxylation is 2. The minimum atomic E-state index is -0.206. The van der Waals surface area contributed by atoms with E-state index >= 15 is 0 Å². The van der Waals surface area contributed by atoms with Crippen molar-refractivity contribution in [3.8, 4) is 0 Å². The minimum absolute atomic E-state index is 0.0948. The molecule has 29 heavy (non-hydrogen) atoms. The van der Waals surface area contributed by atoms with Crippen LogP contribution in [0.4, 0.5) is 10.5 Å². The van der Waals surface area contributed by atoms with Crippen molar-refractivity contribution in [2.24, 2.45) is 4.99 Å². The summed E-state index contributed by atoms with van der Waals surface area (Å²) in [5, 5.41) is 16.4. The minimum Gasteiger partial charge on any atom is -0.361 e. The van der Waals surface area contributed by atoms with Crippen LogP contribution in [-0.2, 0) is 25.9 Å². The Morgan fingerprint density at radius 3 is 2.38 bits per heavy atom. The summed E-state index contributed by atoms with van der Waals surface area (Å²) in [6.45, 7) is 9.20. The van der Waals surface area contributed by atoms with E-state index in [1.807, 2.05) is 38.1 Å². The average molecular weight is 401 g/mol. The fraction of sp³-hybridized carbons (Fsp3) is 0.476. The molecule has 0 saturated carbocycles. The van der Waals surface area contributed by atoms with Crippen LogP contribution >= 0.6 is 0 Å². The molecule has 0 bridgehead atoms. The van der Waals surface area contributed by atoms with Gasteiger partial charge in [-0.1, -0.05) is 31.1 Å². The molecule has 8 heteroatoms. The van der Waals surface area contributed by atoms with Crippen molar-refractivity contribution in [2.45, 2.75) is 59.7 Å². The van der Waals surface area contributed by atoms with E-state index in [1.165, 1.54) is 0 Å². The maximum Gasteiger partial charge on any atom is 0.319 e. The molecule has 2 rings (SSSR count). The van der Waals surface area contributed by atoms with Gasteiger partial charge in [-0.2, -0.15) is 0 Å². The van der Waals surface area contributed by atoms with E-state index < -0.39 is 0 Å². The van der Waals surface area contributed by atoms with Crippen LogP contribution in [0.15, 0.2) is 33.8 Å². The summed E-state index contributed by atoms with van der Waals surface area (Å²) < 4.78 is 5.41. The molecule has 0 saturated heterocycles. The average Bonchev–Trinajstić information content (AvgIpc) is 3.10. The lowest BCUT2D eigenvalue weighted by atomic mass is 10.1. The number of hydrogen-bond acceptors (Lipinski definition) is 4. The maximum atomic E-state index is 11.8. The Morgan fingerprint density at radius 2 is 1.79 bits per heavy atom. The second kappa shape index (κ2) is 11.1. The number of amides is 2. The molecule has 158 valence electrons. The molecule has 0 spiro atoms. The first-order valence-electron chi connectivity index (χ1n) is 10.0. The standard InChI is InChI=1S/C21H32N6O2/c1-6-18-17(19(7-2)29-27-18)13-24-20(22-5)23-12-15-8-10-16(11-9-15)26-21(28)25-14(3)4/h8-11,14H,6-7,12-13H2,1-5H3,(H2,22,23,24)(H2,25,26,28). The van der Waals surface area contributed by atoms with E-state index in [9.17, 15) is 4.79 Å². The Labute approximate surface area is 172 Å². The van der Waals surface area contributed by atoms with Crippen LogP contribution in [0.5, 0.6) is 0 Å². The zero-order valence-corrected chi connectivity index (χ0v) is 17.9. The third-order valence-corrected chi connectivity index (χ3v) is 4.35. The van der Waals surface area contributed by atoms with E-state index in [4.69, 9.17) is 4.52 Å². The number of benzene rings is 1. The second-order valence-corrected chi connectivity index (χ2v) is 6.97. The van der Waals surface area contributed by atoms with Crippen molar-refractivity contribution in [2.75, 3.05) is 12.4 Å². The molecule has 0 fully saturated rings. The van der Waals surface area contributed by atoms with Gasteiger partial charge in [0.1, 0.15) is 5.76 Å². The number of anilines is 1. The SMILES string of the molecule is CCc1noc(CC)c1CNC(=NC)NCc1ccc(NC(=O)NC(C)C)cc1. The predicted molar refractivity (Wildman–Crippen MR) is 116 cm³/mol. The molecule has 1 aromatic carbocycles. The van der Waals surface area contributed by atoms with Gasteiger partial charge in [-0.15, -0.1) is 0 Å². The molecule has 8 nitrogen and oxygen atoms in total. The van der Waals surface area contributed by atoms with Crippen LogP contribution in [0.3, 0.4) is 0 Å². The van der Waals surface area contributed by atoms with Gasteiger partial charge in [-0.25, -0.2) is 4.79 Å². The predicted octanol–water partition coefficient (Wildman–Crippen LogP) is 3.19. The van der Waals surface area contributed by atoms with Gasteiger partial charge in [-0.05, 0) is 38.0 Å². The van der Waals surface area contributed by atoms with Crippen LogP contribution in [0.2, 0.25) is 0 Å². The smallest absolute Gasteiger partial charge is 0.319 e. The molecule has 0 unspecified atom stereocenters. The third kappa shape index (κ3) is 6.81. The van der Waals surface area contributed by atoms with E-state index in [0.717, 1.165) is 41.1 Å². The summed E-state index contributed by atoms with van der Waals surface area (Å²) >= 11 is 0. The van der Waals surface area contributed by atoms with Crippen LogP contribution in [-0.4, -0.2) is 30.2 Å². The topological polar surface area (TPSA) is 104 Å². The second-order valence-electron chi connectivity index (χ2n) is 6.97. The molecule has 0 aliphatic carbocycles. The zero-order chi connectivity index (χ0) is 21.2. The number of rotatable bonds is 8. The summed E-state index contributed by atoms with van der Waals surface area (Å²) in [6.07, 6.45) is 1.65. The fourth-order valence-electron chi connectivity index (χ4n) is 2.85. The van der Waals surface area contributed by atoms with Gasteiger partial charge in [0.15, 0.2) is 5.96 Å². The molecular formula is C21H32N6O2. The third-order valence-electron chi connectivity index (χ3n) is 4.35. The van der Waals surface area contributed by atoms with Crippen molar-refractivity contribution < 1.29 is 9.32 Å². The van der Waals surface area contributed by atoms with Crippen molar-refractivity contribution in [3.05, 3.63) is 46.8 Å². The Balaban J connectivity index is 1.86. The molecular weight excluding hydrogens is 368 g/mol. The fourth-order valence-corrected chi connectivity index (χ4v) is 2.85. The molecule has 0 aliphatic heterocycles. The highest BCUT2D eigenvalue weighted by atomic mass is 16.5. The van der Waals surface area contributed by atoms with E-state index in [1.54, 1.807) is 7.05 Å². The van der Waals surface area contributed by atoms with E-state index in [2.05, 4.69) is 45.3 Å². The van der Waals surface area contributed by atoms with Gasteiger partial charge in [-0.3, -0.25) is 4.99 Å². The summed E-state index contributed by atoms with van der Waals surface area (Å²) in [5.41, 5.74) is 3.92. The first-order valence-corrected chi connectivity index (χ1v) is 10.0. The van der Waals surface area contributed by atoms with Crippen molar-refractivity contribution in [1.29, 1.82) is 0 Å². The molecule has 4 N–H and O–H groups in total. The number of hydrogen-bond donors (Lipinski definition) is 4. The number of nitrogens with zero attached hydrogens (tertiary/aromatic N) is 2. The monoisotopic (exact) mass is 400 g/mol. The number of carbonyl (C=O) groups excluding carboxylic acids is 1. The van der Waals surface area contributed by atoms with Crippen LogP contribution in [0.25, 0.3) is 0 Å². The zero-order valence-electron chi connectivity index (χ0n) is 17.9. The van der Waals surface area contributed by atoms with Gasteiger partial charge in [0, 0.05) is 43.9 Å². The number of urea groups is 1. The highest BCUT2D eigenvalue weighted by molar-refractivity contribution is 5.89. The van der Waals surface area contributed by atoms with Crippen LogP contribution in [0, 0.1) is 0 Å². The molecule has 1 heterocycles. The van der Waals surface area contributed by atoms with Gasteiger partial charge in [0.05, 0.1) is 5.69 Å². The van der Waals surface area contributed by atoms with Gasteiger partial charge in [0.2, 0.25) is 0 Å². The maximum absolute atomic E-state index is 11.8. The largest absolute Gasteiger partial charge is 0.361 e. The summed E-state index contributed by atoms with van der Waals surface area (Å²) in [5.74, 6) is 1.61.